The average molecular weight is 214 g/mol. The third-order valence-electron chi connectivity index (χ3n) is 0. The Hall–Kier alpha value is 1.31. The first-order chi connectivity index (χ1) is 0. The van der Waals surface area contributed by atoms with E-state index in [2.05, 4.69) is 0 Å². The molecule has 30 valence electrons. The zero-order valence-electron chi connectivity index (χ0n) is 1.93. The van der Waals surface area contributed by atoms with Gasteiger partial charge in [-0.2, -0.15) is 0 Å². The van der Waals surface area contributed by atoms with Gasteiger partial charge in [-0.25, -0.2) is 0 Å². The molecule has 4 heteroatoms. The van der Waals surface area contributed by atoms with Crippen LogP contribution >= 0.6 is 24.8 Å². The van der Waals surface area contributed by atoms with Crippen LogP contribution in [0.1, 0.15) is 0 Å². The molecule has 0 aromatic carbocycles. The predicted octanol–water partition coefficient (Wildman–Crippen LogP) is 0.0799. The minimum absolute atomic E-state index is 0. The molecule has 0 rings (SSSR count). The monoisotopic (exact) mass is 214 g/mol. The van der Waals surface area contributed by atoms with E-state index in [0.717, 1.165) is 0 Å². The second kappa shape index (κ2) is 27.5. The number of halogens is 3. The second-order valence-corrected chi connectivity index (χ2v) is 0. The van der Waals surface area contributed by atoms with Gasteiger partial charge in [0.25, 0.3) is 0 Å². The van der Waals surface area contributed by atoms with Crippen LogP contribution in [0.2, 0.25) is 0 Å². The van der Waals surface area contributed by atoms with E-state index in [4.69, 9.17) is 0 Å². The summed E-state index contributed by atoms with van der Waals surface area (Å²) in [5.74, 6) is 0. The van der Waals surface area contributed by atoms with Gasteiger partial charge in [-0.05, 0) is 0 Å². The minimum atomic E-state index is 0. The summed E-state index contributed by atoms with van der Waals surface area (Å²) in [6.45, 7) is 0. The van der Waals surface area contributed by atoms with E-state index in [1.807, 2.05) is 0 Å². The molecule has 0 aromatic rings. The summed E-state index contributed by atoms with van der Waals surface area (Å²) in [6.07, 6.45) is 0. The molecule has 0 aliphatic rings. The van der Waals surface area contributed by atoms with Crippen LogP contribution in [0.3, 0.4) is 0 Å². The normalized spacial score (nSPS) is 0. The molecule has 0 saturated carbocycles. The molecule has 0 aliphatic heterocycles. The predicted molar refractivity (Wildman–Crippen MR) is 25.5 cm³/mol. The van der Waals surface area contributed by atoms with Crippen molar-refractivity contribution in [3.8, 4) is 0 Å². The van der Waals surface area contributed by atoms with Crippen molar-refractivity contribution in [3.63, 3.8) is 0 Å². The van der Waals surface area contributed by atoms with E-state index in [0.29, 0.717) is 0 Å². The summed E-state index contributed by atoms with van der Waals surface area (Å²) < 4.78 is 0. The Bertz CT molecular complexity index is 6.00. The van der Waals surface area contributed by atoms with E-state index >= 15 is 0 Å². The molecule has 0 spiro atoms. The summed E-state index contributed by atoms with van der Waals surface area (Å²) in [5, 5.41) is 0. The fraction of sp³-hybridized carbons (Fsp3) is 0. The van der Waals surface area contributed by atoms with Crippen LogP contribution in [-0.2, 0) is 0 Å². The molecule has 0 bridgehead atoms. The first-order valence-corrected chi connectivity index (χ1v) is 0. The SMILES string of the molecule is Cl.Cl.F.[SnH2]. The Morgan fingerprint density at radius 2 is 0.750 bits per heavy atom. The van der Waals surface area contributed by atoms with Crippen LogP contribution in [0.25, 0.3) is 0 Å². The molecule has 0 saturated heterocycles. The maximum atomic E-state index is 0. The zero-order valence-corrected chi connectivity index (χ0v) is 7.60. The molecule has 0 N–H and O–H groups in total. The summed E-state index contributed by atoms with van der Waals surface area (Å²) in [4.78, 5) is 0. The Morgan fingerprint density at radius 1 is 0.750 bits per heavy atom. The molecule has 0 unspecified atom stereocenters. The van der Waals surface area contributed by atoms with Crippen molar-refractivity contribution in [2.45, 2.75) is 0 Å². The fourth-order valence-corrected chi connectivity index (χ4v) is 0. The molecule has 0 nitrogen and oxygen atoms in total. The third kappa shape index (κ3) is 10.3. The van der Waals surface area contributed by atoms with Crippen molar-refractivity contribution >= 4 is 48.7 Å². The molecular weight excluding hydrogens is 209 g/mol. The van der Waals surface area contributed by atoms with Crippen LogP contribution in [0.15, 0.2) is 0 Å². The van der Waals surface area contributed by atoms with Gasteiger partial charge in [0, 0.05) is 0 Å². The first-order valence-electron chi connectivity index (χ1n) is 0. The zero-order chi connectivity index (χ0) is 0. The Morgan fingerprint density at radius 3 is 0.750 bits per heavy atom. The maximum absolute atomic E-state index is 0. The van der Waals surface area contributed by atoms with E-state index in [1.165, 1.54) is 0 Å². The van der Waals surface area contributed by atoms with Gasteiger partial charge in [-0.3, -0.25) is 4.70 Å². The van der Waals surface area contributed by atoms with Gasteiger partial charge < -0.3 is 0 Å². The topological polar surface area (TPSA) is 0 Å². The molecule has 0 amide bonds. The standard InChI is InChI=1S/2ClH.FH.Sn.2H/h3*1H;;;. The molecule has 0 heterocycles. The van der Waals surface area contributed by atoms with Gasteiger partial charge in [0.1, 0.15) is 0 Å². The van der Waals surface area contributed by atoms with Crippen LogP contribution in [0.5, 0.6) is 0 Å². The van der Waals surface area contributed by atoms with E-state index in [9.17, 15) is 0 Å². The fourth-order valence-electron chi connectivity index (χ4n) is 0. The van der Waals surface area contributed by atoms with Crippen molar-refractivity contribution in [1.29, 1.82) is 0 Å². The first kappa shape index (κ1) is 57.5. The van der Waals surface area contributed by atoms with Crippen LogP contribution in [0, 0.1) is 0 Å². The summed E-state index contributed by atoms with van der Waals surface area (Å²) in [6, 6.07) is 0. The van der Waals surface area contributed by atoms with E-state index in [-0.39, 0.29) is 53.4 Å². The van der Waals surface area contributed by atoms with Crippen LogP contribution < -0.4 is 0 Å². The number of rotatable bonds is 0. The molecule has 4 heavy (non-hydrogen) atoms. The van der Waals surface area contributed by atoms with Crippen molar-refractivity contribution in [2.75, 3.05) is 0 Å². The van der Waals surface area contributed by atoms with Crippen molar-refractivity contribution in [1.82, 2.24) is 0 Å². The van der Waals surface area contributed by atoms with Gasteiger partial charge in [0.05, 0.1) is 0 Å². The molecule has 0 atom stereocenters. The second-order valence-electron chi connectivity index (χ2n) is 0. The van der Waals surface area contributed by atoms with E-state index in [1.54, 1.807) is 0 Å². The third-order valence-corrected chi connectivity index (χ3v) is 0. The van der Waals surface area contributed by atoms with Crippen LogP contribution in [-0.4, -0.2) is 23.9 Å². The molecule has 0 fully saturated rings. The van der Waals surface area contributed by atoms with Gasteiger partial charge in [0.2, 0.25) is 0 Å². The number of hydrogen-bond donors (Lipinski definition) is 0. The summed E-state index contributed by atoms with van der Waals surface area (Å²) in [7, 11) is 0. The quantitative estimate of drug-likeness (QED) is 0.500. The van der Waals surface area contributed by atoms with E-state index < -0.39 is 0 Å². The Labute approximate surface area is 53.5 Å². The van der Waals surface area contributed by atoms with Gasteiger partial charge in [0.15, 0.2) is 0 Å². The van der Waals surface area contributed by atoms with Gasteiger partial charge in [-0.15, -0.1) is 24.8 Å². The van der Waals surface area contributed by atoms with Crippen molar-refractivity contribution in [2.24, 2.45) is 0 Å². The van der Waals surface area contributed by atoms with Gasteiger partial charge in [-0.1, -0.05) is 0 Å². The Balaban J connectivity index is 0. The number of hydrogen-bond acceptors (Lipinski definition) is 0. The van der Waals surface area contributed by atoms with Crippen LogP contribution in [0.4, 0.5) is 4.70 Å². The molecule has 0 aliphatic carbocycles. The summed E-state index contributed by atoms with van der Waals surface area (Å²) >= 11 is 0. The van der Waals surface area contributed by atoms with Crippen molar-refractivity contribution < 1.29 is 4.70 Å². The summed E-state index contributed by atoms with van der Waals surface area (Å²) in [5.41, 5.74) is 0. The van der Waals surface area contributed by atoms with Gasteiger partial charge >= 0.3 is 23.9 Å². The molecule has 0 aromatic heterocycles. The Kier molecular flexibility index (Phi) is 396. The molecular formula is H5Cl2FSn. The van der Waals surface area contributed by atoms with Crippen molar-refractivity contribution in [3.05, 3.63) is 0 Å². The average Bonchev–Trinajstić information content (AvgIpc) is 0. The molecule has 2 radical (unpaired) electrons.